The molecule has 1 aromatic carbocycles. The van der Waals surface area contributed by atoms with Gasteiger partial charge in [-0.25, -0.2) is 4.98 Å². The molecule has 1 N–H and O–H groups in total. The molecule has 0 bridgehead atoms. The number of hydrogen-bond acceptors (Lipinski definition) is 3. The van der Waals surface area contributed by atoms with E-state index in [0.717, 1.165) is 50.4 Å². The summed E-state index contributed by atoms with van der Waals surface area (Å²) in [4.78, 5) is 6.58. The van der Waals surface area contributed by atoms with E-state index in [9.17, 15) is 5.11 Å². The molecule has 1 aliphatic heterocycles. The minimum atomic E-state index is -0.812. The average Bonchev–Trinajstić information content (AvgIpc) is 2.86. The molecular weight excluding hydrogens is 393 g/mol. The van der Waals surface area contributed by atoms with Gasteiger partial charge >= 0.3 is 0 Å². The van der Waals surface area contributed by atoms with Crippen LogP contribution in [0.3, 0.4) is 0 Å². The number of imidazole rings is 1. The van der Waals surface area contributed by atoms with Crippen LogP contribution in [0.5, 0.6) is 0 Å². The SMILES string of the molecule is Cc1nc(Cl)c(Cl)n1CCCCN1CCC(O)(c2ccccc2Cl)CC1. The highest BCUT2D eigenvalue weighted by molar-refractivity contribution is 6.40. The smallest absolute Gasteiger partial charge is 0.166 e. The van der Waals surface area contributed by atoms with E-state index in [1.54, 1.807) is 0 Å². The summed E-state index contributed by atoms with van der Waals surface area (Å²) in [6.45, 7) is 5.49. The first-order chi connectivity index (χ1) is 12.4. The molecule has 1 fully saturated rings. The van der Waals surface area contributed by atoms with Crippen LogP contribution in [0.25, 0.3) is 0 Å². The highest BCUT2D eigenvalue weighted by Crippen LogP contribution is 2.36. The van der Waals surface area contributed by atoms with Crippen LogP contribution in [0.4, 0.5) is 0 Å². The Labute approximate surface area is 169 Å². The van der Waals surface area contributed by atoms with Crippen molar-refractivity contribution in [2.24, 2.45) is 0 Å². The van der Waals surface area contributed by atoms with Gasteiger partial charge in [-0.15, -0.1) is 0 Å². The molecule has 0 unspecified atom stereocenters. The van der Waals surface area contributed by atoms with E-state index in [4.69, 9.17) is 34.8 Å². The minimum Gasteiger partial charge on any atom is -0.385 e. The van der Waals surface area contributed by atoms with Gasteiger partial charge in [-0.3, -0.25) is 0 Å². The number of aryl methyl sites for hydroxylation is 1. The molecule has 1 saturated heterocycles. The Kier molecular flexibility index (Phi) is 6.52. The second-order valence-electron chi connectivity index (χ2n) is 6.95. The molecule has 0 saturated carbocycles. The van der Waals surface area contributed by atoms with Crippen molar-refractivity contribution in [2.45, 2.75) is 44.8 Å². The molecule has 0 atom stereocenters. The summed E-state index contributed by atoms with van der Waals surface area (Å²) in [6.07, 6.45) is 3.49. The van der Waals surface area contributed by atoms with Crippen molar-refractivity contribution in [3.8, 4) is 0 Å². The van der Waals surface area contributed by atoms with E-state index in [-0.39, 0.29) is 0 Å². The third-order valence-corrected chi connectivity index (χ3v) is 6.30. The highest BCUT2D eigenvalue weighted by atomic mass is 35.5. The molecule has 1 aliphatic rings. The number of aliphatic hydroxyl groups is 1. The fraction of sp³-hybridized carbons (Fsp3) is 0.526. The summed E-state index contributed by atoms with van der Waals surface area (Å²) in [5, 5.41) is 12.5. The van der Waals surface area contributed by atoms with Crippen LogP contribution < -0.4 is 0 Å². The van der Waals surface area contributed by atoms with Crippen molar-refractivity contribution in [3.63, 3.8) is 0 Å². The molecule has 0 aliphatic carbocycles. The maximum absolute atomic E-state index is 11.0. The third-order valence-electron chi connectivity index (χ3n) is 5.22. The van der Waals surface area contributed by atoms with Crippen molar-refractivity contribution in [1.29, 1.82) is 0 Å². The Morgan fingerprint density at radius 1 is 1.08 bits per heavy atom. The van der Waals surface area contributed by atoms with Crippen molar-refractivity contribution < 1.29 is 5.11 Å². The molecule has 1 aromatic heterocycles. The first-order valence-electron chi connectivity index (χ1n) is 8.98. The van der Waals surface area contributed by atoms with Crippen LogP contribution in [0.1, 0.15) is 37.1 Å². The second-order valence-corrected chi connectivity index (χ2v) is 8.08. The number of benzene rings is 1. The summed E-state index contributed by atoms with van der Waals surface area (Å²) in [6, 6.07) is 7.60. The van der Waals surface area contributed by atoms with E-state index in [0.29, 0.717) is 28.2 Å². The Hall–Kier alpha value is -0.780. The Morgan fingerprint density at radius 3 is 2.35 bits per heavy atom. The number of piperidine rings is 1. The summed E-state index contributed by atoms with van der Waals surface area (Å²) in [5.41, 5.74) is 0.0379. The van der Waals surface area contributed by atoms with Crippen LogP contribution in [0, 0.1) is 6.92 Å². The normalized spacial score (nSPS) is 17.6. The monoisotopic (exact) mass is 415 g/mol. The van der Waals surface area contributed by atoms with Crippen molar-refractivity contribution in [1.82, 2.24) is 14.5 Å². The lowest BCUT2D eigenvalue weighted by atomic mass is 9.84. The fourth-order valence-corrected chi connectivity index (χ4v) is 4.41. The molecule has 0 radical (unpaired) electrons. The first-order valence-corrected chi connectivity index (χ1v) is 10.1. The third kappa shape index (κ3) is 4.37. The van der Waals surface area contributed by atoms with Gasteiger partial charge in [0.2, 0.25) is 0 Å². The van der Waals surface area contributed by atoms with E-state index in [1.807, 2.05) is 35.8 Å². The number of halogens is 3. The minimum absolute atomic E-state index is 0.374. The summed E-state index contributed by atoms with van der Waals surface area (Å²) in [5.74, 6) is 0.850. The molecule has 2 aromatic rings. The molecule has 0 spiro atoms. The van der Waals surface area contributed by atoms with Gasteiger partial charge in [0.25, 0.3) is 0 Å². The number of unbranched alkanes of at least 4 members (excludes halogenated alkanes) is 1. The Morgan fingerprint density at radius 2 is 1.73 bits per heavy atom. The van der Waals surface area contributed by atoms with Crippen LogP contribution in [-0.2, 0) is 12.1 Å². The number of likely N-dealkylation sites (tertiary alicyclic amines) is 1. The Bertz CT molecular complexity index is 754. The van der Waals surface area contributed by atoms with Gasteiger partial charge in [0.15, 0.2) is 5.15 Å². The highest BCUT2D eigenvalue weighted by Gasteiger charge is 2.35. The van der Waals surface area contributed by atoms with E-state index >= 15 is 0 Å². The molecule has 4 nitrogen and oxygen atoms in total. The second kappa shape index (κ2) is 8.49. The standard InChI is InChI=1S/C19H24Cl3N3O/c1-14-23-17(21)18(22)25(14)11-5-4-10-24-12-8-19(26,9-13-24)15-6-2-3-7-16(15)20/h2-3,6-7,26H,4-5,8-13H2,1H3. The van der Waals surface area contributed by atoms with E-state index in [2.05, 4.69) is 9.88 Å². The van der Waals surface area contributed by atoms with Gasteiger partial charge in [0.05, 0.1) is 5.60 Å². The lowest BCUT2D eigenvalue weighted by Crippen LogP contribution is -2.43. The average molecular weight is 417 g/mol. The first kappa shape index (κ1) is 20.0. The largest absolute Gasteiger partial charge is 0.385 e. The van der Waals surface area contributed by atoms with Gasteiger partial charge in [-0.1, -0.05) is 53.0 Å². The topological polar surface area (TPSA) is 41.3 Å². The van der Waals surface area contributed by atoms with Crippen LogP contribution in [0.2, 0.25) is 15.3 Å². The number of rotatable bonds is 6. The predicted molar refractivity (Wildman–Crippen MR) is 107 cm³/mol. The lowest BCUT2D eigenvalue weighted by molar-refractivity contribution is -0.0260. The predicted octanol–water partition coefficient (Wildman–Crippen LogP) is 4.92. The quantitative estimate of drug-likeness (QED) is 0.680. The maximum atomic E-state index is 11.0. The number of nitrogens with zero attached hydrogens (tertiary/aromatic N) is 3. The zero-order valence-electron chi connectivity index (χ0n) is 14.9. The zero-order valence-corrected chi connectivity index (χ0v) is 17.2. The Balaban J connectivity index is 1.45. The summed E-state index contributed by atoms with van der Waals surface area (Å²) in [7, 11) is 0. The van der Waals surface area contributed by atoms with Gasteiger partial charge in [-0.05, 0) is 45.2 Å². The van der Waals surface area contributed by atoms with Crippen molar-refractivity contribution in [2.75, 3.05) is 19.6 Å². The molecule has 2 heterocycles. The molecule has 3 rings (SSSR count). The molecule has 0 amide bonds. The van der Waals surface area contributed by atoms with Gasteiger partial charge in [0.1, 0.15) is 11.0 Å². The van der Waals surface area contributed by atoms with Crippen molar-refractivity contribution >= 4 is 34.8 Å². The van der Waals surface area contributed by atoms with Crippen molar-refractivity contribution in [3.05, 3.63) is 51.0 Å². The fourth-order valence-electron chi connectivity index (χ4n) is 3.62. The van der Waals surface area contributed by atoms with Crippen LogP contribution in [-0.4, -0.2) is 39.2 Å². The maximum Gasteiger partial charge on any atom is 0.166 e. The molecular formula is C19H24Cl3N3O. The molecule has 7 heteroatoms. The van der Waals surface area contributed by atoms with Crippen LogP contribution in [0.15, 0.2) is 24.3 Å². The summed E-state index contributed by atoms with van der Waals surface area (Å²) >= 11 is 18.4. The number of hydrogen-bond donors (Lipinski definition) is 1. The van der Waals surface area contributed by atoms with Gasteiger partial charge in [0, 0.05) is 30.2 Å². The van der Waals surface area contributed by atoms with E-state index in [1.165, 1.54) is 0 Å². The van der Waals surface area contributed by atoms with Gasteiger partial charge in [-0.2, -0.15) is 0 Å². The van der Waals surface area contributed by atoms with E-state index < -0.39 is 5.60 Å². The summed E-state index contributed by atoms with van der Waals surface area (Å²) < 4.78 is 1.95. The van der Waals surface area contributed by atoms with Gasteiger partial charge < -0.3 is 14.6 Å². The lowest BCUT2D eigenvalue weighted by Gasteiger charge is -2.39. The van der Waals surface area contributed by atoms with Crippen LogP contribution >= 0.6 is 34.8 Å². The molecule has 26 heavy (non-hydrogen) atoms. The molecule has 142 valence electrons. The zero-order chi connectivity index (χ0) is 18.7. The number of aromatic nitrogens is 2.